The topological polar surface area (TPSA) is 55.0 Å². The van der Waals surface area contributed by atoms with E-state index in [1.807, 2.05) is 0 Å². The van der Waals surface area contributed by atoms with Crippen molar-refractivity contribution in [2.75, 3.05) is 0 Å². The third-order valence-corrected chi connectivity index (χ3v) is 3.54. The molecule has 4 nitrogen and oxygen atoms in total. The summed E-state index contributed by atoms with van der Waals surface area (Å²) in [5, 5.41) is 0. The Bertz CT molecular complexity index is 696. The van der Waals surface area contributed by atoms with Crippen LogP contribution in [0.4, 0.5) is 8.78 Å². The van der Waals surface area contributed by atoms with E-state index in [4.69, 9.17) is 0 Å². The number of rotatable bonds is 3. The van der Waals surface area contributed by atoms with E-state index in [0.717, 1.165) is 36.9 Å². The molecular formula is C15H14F2N2O2. The van der Waals surface area contributed by atoms with Crippen molar-refractivity contribution in [2.24, 2.45) is 0 Å². The van der Waals surface area contributed by atoms with E-state index < -0.39 is 6.61 Å². The summed E-state index contributed by atoms with van der Waals surface area (Å²) >= 11 is 0. The fourth-order valence-corrected chi connectivity index (χ4v) is 2.53. The van der Waals surface area contributed by atoms with Gasteiger partial charge < -0.3 is 9.72 Å². The van der Waals surface area contributed by atoms with Gasteiger partial charge in [-0.3, -0.25) is 4.79 Å². The van der Waals surface area contributed by atoms with Gasteiger partial charge in [0.15, 0.2) is 0 Å². The average molecular weight is 292 g/mol. The fourth-order valence-electron chi connectivity index (χ4n) is 2.53. The van der Waals surface area contributed by atoms with Crippen LogP contribution in [0, 0.1) is 0 Å². The number of nitrogens with one attached hydrogen (secondary N) is 1. The zero-order valence-corrected chi connectivity index (χ0v) is 11.2. The minimum absolute atomic E-state index is 0.0778. The molecule has 0 amide bonds. The van der Waals surface area contributed by atoms with Gasteiger partial charge in [0.2, 0.25) is 0 Å². The van der Waals surface area contributed by atoms with E-state index in [2.05, 4.69) is 14.7 Å². The second-order valence-corrected chi connectivity index (χ2v) is 4.95. The van der Waals surface area contributed by atoms with Crippen LogP contribution in [0.5, 0.6) is 5.75 Å². The molecule has 0 spiro atoms. The van der Waals surface area contributed by atoms with Crippen molar-refractivity contribution < 1.29 is 13.5 Å². The molecule has 1 aliphatic carbocycles. The van der Waals surface area contributed by atoms with Gasteiger partial charge in [-0.25, -0.2) is 4.98 Å². The molecule has 0 saturated carbocycles. The lowest BCUT2D eigenvalue weighted by molar-refractivity contribution is -0.0498. The Kier molecular flexibility index (Phi) is 3.68. The molecule has 1 N–H and O–H groups in total. The van der Waals surface area contributed by atoms with Gasteiger partial charge in [-0.15, -0.1) is 0 Å². The van der Waals surface area contributed by atoms with Crippen LogP contribution in [0.1, 0.15) is 24.1 Å². The SMILES string of the molecule is O=c1[nH]c(-c2ccc(OC(F)F)cc2)nc2c1CCCC2. The van der Waals surface area contributed by atoms with Gasteiger partial charge in [-0.2, -0.15) is 8.78 Å². The molecule has 0 radical (unpaired) electrons. The van der Waals surface area contributed by atoms with Crippen molar-refractivity contribution in [1.82, 2.24) is 9.97 Å². The molecule has 1 heterocycles. The molecule has 0 atom stereocenters. The number of nitrogens with zero attached hydrogens (tertiary/aromatic N) is 1. The Morgan fingerprint density at radius 3 is 2.57 bits per heavy atom. The number of aromatic amines is 1. The van der Waals surface area contributed by atoms with Crippen molar-refractivity contribution >= 4 is 0 Å². The maximum Gasteiger partial charge on any atom is 0.387 e. The quantitative estimate of drug-likeness (QED) is 0.946. The van der Waals surface area contributed by atoms with Crippen molar-refractivity contribution in [2.45, 2.75) is 32.3 Å². The summed E-state index contributed by atoms with van der Waals surface area (Å²) in [4.78, 5) is 19.3. The maximum absolute atomic E-state index is 12.1. The number of fused-ring (bicyclic) bond motifs is 1. The molecule has 21 heavy (non-hydrogen) atoms. The van der Waals surface area contributed by atoms with Crippen LogP contribution in [0.15, 0.2) is 29.1 Å². The van der Waals surface area contributed by atoms with Gasteiger partial charge >= 0.3 is 6.61 Å². The molecule has 6 heteroatoms. The Balaban J connectivity index is 1.93. The fraction of sp³-hybridized carbons (Fsp3) is 0.333. The van der Waals surface area contributed by atoms with Crippen molar-refractivity contribution in [1.29, 1.82) is 0 Å². The van der Waals surface area contributed by atoms with Gasteiger partial charge in [0.05, 0.1) is 5.69 Å². The minimum atomic E-state index is -2.85. The Labute approximate surface area is 119 Å². The van der Waals surface area contributed by atoms with Gasteiger partial charge in [-0.05, 0) is 49.9 Å². The van der Waals surface area contributed by atoms with E-state index in [9.17, 15) is 13.6 Å². The predicted octanol–water partition coefficient (Wildman–Crippen LogP) is 2.92. The number of halogens is 2. The summed E-state index contributed by atoms with van der Waals surface area (Å²) in [7, 11) is 0. The van der Waals surface area contributed by atoms with Gasteiger partial charge in [0.25, 0.3) is 5.56 Å². The van der Waals surface area contributed by atoms with Crippen LogP contribution in [0.3, 0.4) is 0 Å². The lowest BCUT2D eigenvalue weighted by atomic mass is 9.97. The molecule has 0 unspecified atom stereocenters. The van der Waals surface area contributed by atoms with Crippen molar-refractivity contribution in [3.8, 4) is 17.1 Å². The van der Waals surface area contributed by atoms with E-state index in [1.165, 1.54) is 12.1 Å². The maximum atomic E-state index is 12.1. The number of ether oxygens (including phenoxy) is 1. The van der Waals surface area contributed by atoms with E-state index in [0.29, 0.717) is 11.4 Å². The van der Waals surface area contributed by atoms with Gasteiger partial charge in [0.1, 0.15) is 11.6 Å². The average Bonchev–Trinajstić information content (AvgIpc) is 2.47. The number of benzene rings is 1. The van der Waals surface area contributed by atoms with Crippen LogP contribution in [-0.2, 0) is 12.8 Å². The first-order valence-electron chi connectivity index (χ1n) is 6.81. The highest BCUT2D eigenvalue weighted by atomic mass is 19.3. The zero-order valence-electron chi connectivity index (χ0n) is 11.2. The van der Waals surface area contributed by atoms with Crippen LogP contribution in [0.25, 0.3) is 11.4 Å². The third-order valence-electron chi connectivity index (χ3n) is 3.54. The number of hydrogen-bond donors (Lipinski definition) is 1. The molecule has 1 aromatic carbocycles. The van der Waals surface area contributed by atoms with E-state index in [1.54, 1.807) is 12.1 Å². The molecule has 3 rings (SSSR count). The monoisotopic (exact) mass is 292 g/mol. The van der Waals surface area contributed by atoms with Gasteiger partial charge in [-0.1, -0.05) is 0 Å². The standard InChI is InChI=1S/C15H14F2N2O2/c16-15(17)21-10-7-5-9(6-8-10)13-18-12-4-2-1-3-11(12)14(20)19-13/h5-8,15H,1-4H2,(H,18,19,20). The number of aromatic nitrogens is 2. The molecule has 0 fully saturated rings. The summed E-state index contributed by atoms with van der Waals surface area (Å²) in [5.41, 5.74) is 2.17. The Morgan fingerprint density at radius 1 is 1.14 bits per heavy atom. The van der Waals surface area contributed by atoms with E-state index >= 15 is 0 Å². The summed E-state index contributed by atoms with van der Waals surface area (Å²) in [6.45, 7) is -2.85. The molecule has 1 aliphatic rings. The van der Waals surface area contributed by atoms with E-state index in [-0.39, 0.29) is 11.3 Å². The largest absolute Gasteiger partial charge is 0.435 e. The number of alkyl halides is 2. The molecule has 110 valence electrons. The molecule has 2 aromatic rings. The van der Waals surface area contributed by atoms with Crippen molar-refractivity contribution in [3.05, 3.63) is 45.9 Å². The predicted molar refractivity (Wildman–Crippen MR) is 73.6 cm³/mol. The zero-order chi connectivity index (χ0) is 14.8. The smallest absolute Gasteiger partial charge is 0.387 e. The normalized spacial score (nSPS) is 14.0. The lowest BCUT2D eigenvalue weighted by Crippen LogP contribution is -2.21. The molecule has 1 aromatic heterocycles. The first-order valence-corrected chi connectivity index (χ1v) is 6.81. The van der Waals surface area contributed by atoms with Crippen LogP contribution >= 0.6 is 0 Å². The number of hydrogen-bond acceptors (Lipinski definition) is 3. The van der Waals surface area contributed by atoms with Gasteiger partial charge in [0, 0.05) is 11.1 Å². The van der Waals surface area contributed by atoms with Crippen LogP contribution < -0.4 is 10.3 Å². The molecule has 0 bridgehead atoms. The third kappa shape index (κ3) is 2.94. The highest BCUT2D eigenvalue weighted by molar-refractivity contribution is 5.56. The van der Waals surface area contributed by atoms with Crippen molar-refractivity contribution in [3.63, 3.8) is 0 Å². The second-order valence-electron chi connectivity index (χ2n) is 4.95. The minimum Gasteiger partial charge on any atom is -0.435 e. The molecular weight excluding hydrogens is 278 g/mol. The Hall–Kier alpha value is -2.24. The van der Waals surface area contributed by atoms with Crippen LogP contribution in [0.2, 0.25) is 0 Å². The highest BCUT2D eigenvalue weighted by Crippen LogP contribution is 2.22. The summed E-state index contributed by atoms with van der Waals surface area (Å²) < 4.78 is 28.5. The van der Waals surface area contributed by atoms with Crippen LogP contribution in [-0.4, -0.2) is 16.6 Å². The summed E-state index contributed by atoms with van der Waals surface area (Å²) in [6.07, 6.45) is 3.61. The second kappa shape index (κ2) is 5.63. The lowest BCUT2D eigenvalue weighted by Gasteiger charge is -2.14. The summed E-state index contributed by atoms with van der Waals surface area (Å²) in [6, 6.07) is 6.07. The number of H-pyrrole nitrogens is 1. The summed E-state index contributed by atoms with van der Waals surface area (Å²) in [5.74, 6) is 0.540. The first kappa shape index (κ1) is 13.7. The highest BCUT2D eigenvalue weighted by Gasteiger charge is 2.16. The molecule has 0 aliphatic heterocycles. The number of aryl methyl sites for hydroxylation is 1. The Morgan fingerprint density at radius 2 is 1.86 bits per heavy atom. The first-order chi connectivity index (χ1) is 10.1. The molecule has 0 saturated heterocycles.